The number of carbonyl (C=O) groups excluding carboxylic acids is 3. The van der Waals surface area contributed by atoms with Gasteiger partial charge >= 0.3 is 11.9 Å². The number of rotatable bonds is 6. The van der Waals surface area contributed by atoms with Gasteiger partial charge in [-0.1, -0.05) is 32.0 Å². The van der Waals surface area contributed by atoms with E-state index in [2.05, 4.69) is 5.32 Å². The lowest BCUT2D eigenvalue weighted by atomic mass is 9.80. The number of benzene rings is 1. The Morgan fingerprint density at radius 3 is 2.56 bits per heavy atom. The summed E-state index contributed by atoms with van der Waals surface area (Å²) >= 11 is 0. The van der Waals surface area contributed by atoms with Crippen LogP contribution in [0.15, 0.2) is 18.2 Å². The van der Waals surface area contributed by atoms with Gasteiger partial charge in [0.15, 0.2) is 6.61 Å². The molecule has 4 rings (SSSR count). The molecule has 1 aromatic rings. The maximum atomic E-state index is 12.6. The van der Waals surface area contributed by atoms with Gasteiger partial charge in [-0.2, -0.15) is 0 Å². The molecule has 0 spiro atoms. The smallest absolute Gasteiger partial charge is 0.310 e. The molecule has 5 atom stereocenters. The second-order valence-corrected chi connectivity index (χ2v) is 7.74. The number of ether oxygens (including phenoxy) is 2. The third-order valence-corrected chi connectivity index (χ3v) is 6.36. The molecule has 6 nitrogen and oxygen atoms in total. The summed E-state index contributed by atoms with van der Waals surface area (Å²) in [4.78, 5) is 37.0. The first-order valence-corrected chi connectivity index (χ1v) is 9.81. The number of nitrogens with one attached hydrogen (secondary N) is 1. The lowest BCUT2D eigenvalue weighted by molar-refractivity contribution is -0.157. The highest BCUT2D eigenvalue weighted by atomic mass is 16.6. The molecule has 1 aromatic carbocycles. The predicted octanol–water partition coefficient (Wildman–Crippen LogP) is 2.49. The third-order valence-electron chi connectivity index (χ3n) is 6.36. The SMILES string of the molecule is CCc1cccc(CC)c1NC(=O)COC(=O)[C@H]1[C@@H]2C[C@@H]3[C@@H]1C(=O)O[C@@H]3C2. The van der Waals surface area contributed by atoms with Crippen LogP contribution in [0.3, 0.4) is 0 Å². The zero-order chi connectivity index (χ0) is 19.1. The van der Waals surface area contributed by atoms with Crippen molar-refractivity contribution in [1.82, 2.24) is 0 Å². The Bertz CT molecular complexity index is 765. The fraction of sp³-hybridized carbons (Fsp3) is 0.571. The van der Waals surface area contributed by atoms with E-state index >= 15 is 0 Å². The first-order valence-electron chi connectivity index (χ1n) is 9.81. The molecule has 0 aromatic heterocycles. The van der Waals surface area contributed by atoms with E-state index in [0.717, 1.165) is 42.5 Å². The van der Waals surface area contributed by atoms with Crippen molar-refractivity contribution in [2.45, 2.75) is 45.6 Å². The van der Waals surface area contributed by atoms with E-state index in [4.69, 9.17) is 9.47 Å². The minimum Gasteiger partial charge on any atom is -0.462 e. The summed E-state index contributed by atoms with van der Waals surface area (Å²) in [5.41, 5.74) is 2.93. The zero-order valence-corrected chi connectivity index (χ0v) is 15.7. The Balaban J connectivity index is 1.38. The second-order valence-electron chi connectivity index (χ2n) is 7.74. The molecular weight excluding hydrogens is 346 g/mol. The maximum Gasteiger partial charge on any atom is 0.310 e. The Morgan fingerprint density at radius 2 is 1.89 bits per heavy atom. The van der Waals surface area contributed by atoms with Crippen molar-refractivity contribution in [2.75, 3.05) is 11.9 Å². The molecular formula is C21H25NO5. The summed E-state index contributed by atoms with van der Waals surface area (Å²) in [6, 6.07) is 5.95. The number of esters is 2. The van der Waals surface area contributed by atoms with Gasteiger partial charge in [-0.15, -0.1) is 0 Å². The van der Waals surface area contributed by atoms with Gasteiger partial charge in [0.2, 0.25) is 0 Å². The zero-order valence-electron chi connectivity index (χ0n) is 15.7. The molecule has 27 heavy (non-hydrogen) atoms. The first kappa shape index (κ1) is 18.0. The minimum atomic E-state index is -0.455. The van der Waals surface area contributed by atoms with E-state index in [1.807, 2.05) is 32.0 Å². The van der Waals surface area contributed by atoms with Crippen molar-refractivity contribution in [3.05, 3.63) is 29.3 Å². The van der Waals surface area contributed by atoms with Crippen molar-refractivity contribution in [2.24, 2.45) is 23.7 Å². The molecule has 2 bridgehead atoms. The number of hydrogen-bond acceptors (Lipinski definition) is 5. The largest absolute Gasteiger partial charge is 0.462 e. The third kappa shape index (κ3) is 3.01. The lowest BCUT2D eigenvalue weighted by Crippen LogP contribution is -2.35. The van der Waals surface area contributed by atoms with E-state index in [1.54, 1.807) is 0 Å². The molecule has 2 saturated carbocycles. The van der Waals surface area contributed by atoms with Gasteiger partial charge in [0.25, 0.3) is 5.91 Å². The van der Waals surface area contributed by atoms with Gasteiger partial charge in [-0.3, -0.25) is 14.4 Å². The summed E-state index contributed by atoms with van der Waals surface area (Å²) in [6.45, 7) is 3.74. The normalized spacial score (nSPS) is 30.3. The van der Waals surface area contributed by atoms with Crippen LogP contribution in [0, 0.1) is 23.7 Å². The van der Waals surface area contributed by atoms with Gasteiger partial charge in [0, 0.05) is 11.6 Å². The minimum absolute atomic E-state index is 0.0159. The number of hydrogen-bond donors (Lipinski definition) is 1. The van der Waals surface area contributed by atoms with E-state index in [-0.39, 0.29) is 42.3 Å². The average molecular weight is 371 g/mol. The van der Waals surface area contributed by atoms with Crippen molar-refractivity contribution < 1.29 is 23.9 Å². The highest BCUT2D eigenvalue weighted by molar-refractivity contribution is 5.95. The second kappa shape index (κ2) is 6.98. The molecule has 1 saturated heterocycles. The fourth-order valence-corrected chi connectivity index (χ4v) is 5.14. The van der Waals surface area contributed by atoms with E-state index in [9.17, 15) is 14.4 Å². The van der Waals surface area contributed by atoms with Gasteiger partial charge in [0.1, 0.15) is 6.10 Å². The van der Waals surface area contributed by atoms with Crippen LogP contribution in [0.4, 0.5) is 5.69 Å². The summed E-state index contributed by atoms with van der Waals surface area (Å²) in [7, 11) is 0. The average Bonchev–Trinajstić information content (AvgIpc) is 3.28. The predicted molar refractivity (Wildman–Crippen MR) is 97.9 cm³/mol. The van der Waals surface area contributed by atoms with Crippen molar-refractivity contribution in [1.29, 1.82) is 0 Å². The summed E-state index contributed by atoms with van der Waals surface area (Å²) in [6.07, 6.45) is 3.18. The number of anilines is 1. The molecule has 2 aliphatic carbocycles. The van der Waals surface area contributed by atoms with Crippen LogP contribution < -0.4 is 5.32 Å². The summed E-state index contributed by atoms with van der Waals surface area (Å²) in [5, 5.41) is 2.90. The molecule has 3 aliphatic rings. The van der Waals surface area contributed by atoms with Crippen LogP contribution >= 0.6 is 0 Å². The topological polar surface area (TPSA) is 81.7 Å². The molecule has 6 heteroatoms. The maximum absolute atomic E-state index is 12.6. The van der Waals surface area contributed by atoms with Crippen LogP contribution in [0.1, 0.15) is 37.8 Å². The fourth-order valence-electron chi connectivity index (χ4n) is 5.14. The van der Waals surface area contributed by atoms with E-state index in [1.165, 1.54) is 0 Å². The molecule has 1 amide bonds. The van der Waals surface area contributed by atoms with E-state index in [0.29, 0.717) is 0 Å². The summed E-state index contributed by atoms with van der Waals surface area (Å²) < 4.78 is 10.6. The molecule has 3 fully saturated rings. The molecule has 144 valence electrons. The van der Waals surface area contributed by atoms with Crippen LogP contribution in [0.25, 0.3) is 0 Å². The number of para-hydroxylation sites is 1. The Hall–Kier alpha value is -2.37. The first-order chi connectivity index (χ1) is 13.0. The Morgan fingerprint density at radius 1 is 1.19 bits per heavy atom. The Labute approximate surface area is 158 Å². The molecule has 0 unspecified atom stereocenters. The van der Waals surface area contributed by atoms with Crippen LogP contribution in [-0.4, -0.2) is 30.6 Å². The summed E-state index contributed by atoms with van der Waals surface area (Å²) in [5.74, 6) is -1.62. The quantitative estimate of drug-likeness (QED) is 0.777. The van der Waals surface area contributed by atoms with Gasteiger partial charge in [-0.05, 0) is 42.7 Å². The van der Waals surface area contributed by atoms with Crippen LogP contribution in [0.5, 0.6) is 0 Å². The lowest BCUT2D eigenvalue weighted by Gasteiger charge is -2.22. The van der Waals surface area contributed by atoms with Crippen LogP contribution in [0.2, 0.25) is 0 Å². The number of carbonyl (C=O) groups is 3. The van der Waals surface area contributed by atoms with Gasteiger partial charge in [-0.25, -0.2) is 0 Å². The van der Waals surface area contributed by atoms with Gasteiger partial charge < -0.3 is 14.8 Å². The van der Waals surface area contributed by atoms with E-state index < -0.39 is 11.9 Å². The van der Waals surface area contributed by atoms with Gasteiger partial charge in [0.05, 0.1) is 11.8 Å². The Kier molecular flexibility index (Phi) is 4.66. The van der Waals surface area contributed by atoms with Crippen molar-refractivity contribution in [3.63, 3.8) is 0 Å². The number of amides is 1. The molecule has 1 aliphatic heterocycles. The number of fused-ring (bicyclic) bond motifs is 1. The highest BCUT2D eigenvalue weighted by Crippen LogP contribution is 2.57. The number of aryl methyl sites for hydroxylation is 2. The van der Waals surface area contributed by atoms with Crippen molar-refractivity contribution in [3.8, 4) is 0 Å². The monoisotopic (exact) mass is 371 g/mol. The highest BCUT2D eigenvalue weighted by Gasteiger charge is 2.64. The standard InChI is InChI=1S/C21H25NO5/c1-3-11-6-5-7-12(4-2)19(11)22-16(23)10-26-20(24)17-13-8-14-15(9-13)27-21(25)18(14)17/h5-7,13-15,17-18H,3-4,8-10H2,1-2H3,(H,22,23)/t13-,14+,15-,17+,18+/m1/s1. The van der Waals surface area contributed by atoms with Crippen LogP contribution in [-0.2, 0) is 36.7 Å². The molecule has 1 N–H and O–H groups in total. The van der Waals surface area contributed by atoms with Crippen molar-refractivity contribution >= 4 is 23.5 Å². The molecule has 0 radical (unpaired) electrons. The molecule has 1 heterocycles.